The third-order valence-corrected chi connectivity index (χ3v) is 5.17. The fourth-order valence-corrected chi connectivity index (χ4v) is 3.91. The Morgan fingerprint density at radius 1 is 1.25 bits per heavy atom. The monoisotopic (exact) mass is 391 g/mol. The van der Waals surface area contributed by atoms with Gasteiger partial charge in [-0.05, 0) is 37.3 Å². The van der Waals surface area contributed by atoms with Crippen molar-refractivity contribution in [2.45, 2.75) is 6.92 Å². The van der Waals surface area contributed by atoms with Crippen molar-refractivity contribution in [2.24, 2.45) is 4.99 Å². The lowest BCUT2D eigenvalue weighted by atomic mass is 10.1. The summed E-state index contributed by atoms with van der Waals surface area (Å²) >= 11 is 1.28. The van der Waals surface area contributed by atoms with Gasteiger partial charge in [-0.15, -0.1) is 11.3 Å². The van der Waals surface area contributed by atoms with Crippen LogP contribution in [0, 0.1) is 0 Å². The zero-order valence-corrected chi connectivity index (χ0v) is 15.9. The molecular formula is C21H17N3O3S. The fourth-order valence-electron chi connectivity index (χ4n) is 2.85. The zero-order valence-electron chi connectivity index (χ0n) is 15.0. The normalized spacial score (nSPS) is 13.5. The zero-order chi connectivity index (χ0) is 19.5. The largest absolute Gasteiger partial charge is 0.505 e. The Hall–Kier alpha value is -3.45. The van der Waals surface area contributed by atoms with Gasteiger partial charge in [0.1, 0.15) is 16.3 Å². The molecule has 6 nitrogen and oxygen atoms in total. The molecule has 0 unspecified atom stereocenters. The minimum absolute atomic E-state index is 0.111. The first kappa shape index (κ1) is 17.9. The van der Waals surface area contributed by atoms with Crippen LogP contribution in [0.1, 0.15) is 27.7 Å². The number of aliphatic imine (C=N–C) groups is 1. The second-order valence-electron chi connectivity index (χ2n) is 5.96. The predicted molar refractivity (Wildman–Crippen MR) is 112 cm³/mol. The van der Waals surface area contributed by atoms with Crippen molar-refractivity contribution in [1.82, 2.24) is 4.98 Å². The number of thiophene rings is 1. The third kappa shape index (κ3) is 3.39. The Bertz CT molecular complexity index is 1090. The Morgan fingerprint density at radius 2 is 2.07 bits per heavy atom. The van der Waals surface area contributed by atoms with Gasteiger partial charge in [-0.2, -0.15) is 0 Å². The van der Waals surface area contributed by atoms with E-state index in [9.17, 15) is 9.90 Å². The summed E-state index contributed by atoms with van der Waals surface area (Å²) in [4.78, 5) is 21.5. The summed E-state index contributed by atoms with van der Waals surface area (Å²) in [5.74, 6) is -0.0420. The minimum Gasteiger partial charge on any atom is -0.505 e. The van der Waals surface area contributed by atoms with Gasteiger partial charge in [0, 0.05) is 29.2 Å². The molecule has 0 amide bonds. The van der Waals surface area contributed by atoms with Gasteiger partial charge in [0.25, 0.3) is 0 Å². The van der Waals surface area contributed by atoms with Gasteiger partial charge >= 0.3 is 5.97 Å². The molecule has 0 fully saturated rings. The summed E-state index contributed by atoms with van der Waals surface area (Å²) in [5, 5.41) is 14.5. The minimum atomic E-state index is -0.568. The number of aromatic hydroxyl groups is 1. The molecule has 1 aliphatic heterocycles. The summed E-state index contributed by atoms with van der Waals surface area (Å²) in [5.41, 5.74) is 2.64. The summed E-state index contributed by atoms with van der Waals surface area (Å²) in [6.07, 6.45) is 5.18. The van der Waals surface area contributed by atoms with Crippen LogP contribution in [0.2, 0.25) is 0 Å². The number of hydrogen-bond donors (Lipinski definition) is 2. The number of nitrogens with one attached hydrogen (secondary N) is 1. The van der Waals surface area contributed by atoms with Crippen LogP contribution in [-0.4, -0.2) is 28.9 Å². The Labute approximate surface area is 165 Å². The van der Waals surface area contributed by atoms with E-state index < -0.39 is 5.97 Å². The summed E-state index contributed by atoms with van der Waals surface area (Å²) in [7, 11) is 0. The summed E-state index contributed by atoms with van der Waals surface area (Å²) in [6.45, 7) is 1.95. The van der Waals surface area contributed by atoms with E-state index in [1.54, 1.807) is 25.4 Å². The molecule has 0 aliphatic carbocycles. The number of carbonyl (C=O) groups excluding carboxylic acids is 1. The van der Waals surface area contributed by atoms with Crippen molar-refractivity contribution in [3.8, 4) is 5.75 Å². The van der Waals surface area contributed by atoms with Crippen LogP contribution in [0.4, 0.5) is 16.5 Å². The van der Waals surface area contributed by atoms with Crippen LogP contribution in [0.25, 0.3) is 11.6 Å². The first-order chi connectivity index (χ1) is 13.7. The number of nitrogens with zero attached hydrogens (tertiary/aromatic N) is 2. The van der Waals surface area contributed by atoms with Gasteiger partial charge in [0.15, 0.2) is 5.82 Å². The lowest BCUT2D eigenvalue weighted by Gasteiger charge is -2.07. The van der Waals surface area contributed by atoms with Gasteiger partial charge in [-0.3, -0.25) is 0 Å². The van der Waals surface area contributed by atoms with Crippen molar-refractivity contribution in [3.63, 3.8) is 0 Å². The van der Waals surface area contributed by atoms with Crippen molar-refractivity contribution >= 4 is 51.7 Å². The maximum Gasteiger partial charge on any atom is 0.344 e. The molecule has 0 saturated heterocycles. The molecule has 0 bridgehead atoms. The second-order valence-corrected chi connectivity index (χ2v) is 7.02. The number of anilines is 2. The molecule has 7 heteroatoms. The van der Waals surface area contributed by atoms with E-state index >= 15 is 0 Å². The quantitative estimate of drug-likeness (QED) is 0.596. The topological polar surface area (TPSA) is 83.8 Å². The van der Waals surface area contributed by atoms with Crippen molar-refractivity contribution in [2.75, 3.05) is 11.9 Å². The van der Waals surface area contributed by atoms with Gasteiger partial charge < -0.3 is 15.2 Å². The predicted octanol–water partition coefficient (Wildman–Crippen LogP) is 5.03. The smallest absolute Gasteiger partial charge is 0.344 e. The molecule has 0 saturated carbocycles. The Balaban J connectivity index is 1.77. The highest BCUT2D eigenvalue weighted by Crippen LogP contribution is 2.43. The number of aromatic nitrogens is 1. The molecule has 28 heavy (non-hydrogen) atoms. The number of rotatable bonds is 5. The van der Waals surface area contributed by atoms with Crippen molar-refractivity contribution in [3.05, 3.63) is 64.7 Å². The molecule has 0 atom stereocenters. The average Bonchev–Trinajstić information content (AvgIpc) is 3.24. The van der Waals surface area contributed by atoms with Crippen LogP contribution >= 0.6 is 11.3 Å². The van der Waals surface area contributed by atoms with E-state index in [-0.39, 0.29) is 17.9 Å². The first-order valence-corrected chi connectivity index (χ1v) is 9.55. The molecule has 140 valence electrons. The maximum absolute atomic E-state index is 12.5. The third-order valence-electron chi connectivity index (χ3n) is 4.13. The van der Waals surface area contributed by atoms with Crippen LogP contribution in [0.15, 0.2) is 53.7 Å². The van der Waals surface area contributed by atoms with Gasteiger partial charge in [0.05, 0.1) is 11.5 Å². The Kier molecular flexibility index (Phi) is 4.90. The fraction of sp³-hybridized carbons (Fsp3) is 0.0952. The molecule has 0 radical (unpaired) electrons. The van der Waals surface area contributed by atoms with E-state index in [0.717, 1.165) is 16.8 Å². The maximum atomic E-state index is 12.5. The molecule has 0 spiro atoms. The van der Waals surface area contributed by atoms with E-state index in [0.29, 0.717) is 15.7 Å². The number of carbonyl (C=O) groups is 1. The molecular weight excluding hydrogens is 374 g/mol. The van der Waals surface area contributed by atoms with Gasteiger partial charge in [-0.25, -0.2) is 14.8 Å². The summed E-state index contributed by atoms with van der Waals surface area (Å²) in [6, 6.07) is 13.2. The standard InChI is InChI=1S/C21H17N3O3S/c1-2-27-21(26)17-18(25)16(28-20(17)24-14-7-4-3-5-8-14)11-13-12-23-19-15(13)9-6-10-22-19/h3-12,24-25H,2H2,1H3/b13-11+. The number of esters is 1. The second kappa shape index (κ2) is 7.66. The SMILES string of the molecule is CCOC(=O)c1c(Nc2ccccc2)sc(/C=C2\C=Nc3ncccc32)c1O. The molecule has 1 aromatic carbocycles. The number of para-hydroxylation sites is 1. The number of pyridine rings is 1. The van der Waals surface area contributed by atoms with E-state index in [4.69, 9.17) is 4.74 Å². The summed E-state index contributed by atoms with van der Waals surface area (Å²) < 4.78 is 5.14. The molecule has 3 aromatic rings. The van der Waals surface area contributed by atoms with Crippen molar-refractivity contribution < 1.29 is 14.6 Å². The van der Waals surface area contributed by atoms with Crippen LogP contribution in [0.5, 0.6) is 5.75 Å². The highest BCUT2D eigenvalue weighted by molar-refractivity contribution is 7.18. The highest BCUT2D eigenvalue weighted by Gasteiger charge is 2.25. The molecule has 3 heterocycles. The number of hydrogen-bond acceptors (Lipinski definition) is 7. The number of allylic oxidation sites excluding steroid dienone is 1. The van der Waals surface area contributed by atoms with Crippen LogP contribution in [-0.2, 0) is 4.74 Å². The lowest BCUT2D eigenvalue weighted by molar-refractivity contribution is 0.0525. The molecule has 2 aromatic heterocycles. The Morgan fingerprint density at radius 3 is 2.86 bits per heavy atom. The molecule has 1 aliphatic rings. The van der Waals surface area contributed by atoms with Gasteiger partial charge in [0.2, 0.25) is 0 Å². The molecule has 4 rings (SSSR count). The first-order valence-electron chi connectivity index (χ1n) is 8.73. The highest BCUT2D eigenvalue weighted by atomic mass is 32.1. The number of fused-ring (bicyclic) bond motifs is 1. The number of benzene rings is 1. The van der Waals surface area contributed by atoms with Crippen molar-refractivity contribution in [1.29, 1.82) is 0 Å². The van der Waals surface area contributed by atoms with E-state index in [1.165, 1.54) is 11.3 Å². The number of ether oxygens (including phenoxy) is 1. The lowest BCUT2D eigenvalue weighted by Crippen LogP contribution is -2.06. The van der Waals surface area contributed by atoms with Crippen LogP contribution < -0.4 is 5.32 Å². The molecule has 2 N–H and O–H groups in total. The van der Waals surface area contributed by atoms with E-state index in [2.05, 4.69) is 15.3 Å². The van der Waals surface area contributed by atoms with Gasteiger partial charge in [-0.1, -0.05) is 18.2 Å². The van der Waals surface area contributed by atoms with Crippen LogP contribution in [0.3, 0.4) is 0 Å². The average molecular weight is 391 g/mol. The van der Waals surface area contributed by atoms with E-state index in [1.807, 2.05) is 42.5 Å².